The number of benzene rings is 2. The maximum absolute atomic E-state index is 12.5. The average Bonchev–Trinajstić information content (AvgIpc) is 3.21. The molecule has 5 nitrogen and oxygen atoms in total. The molecule has 178 valence electrons. The summed E-state index contributed by atoms with van der Waals surface area (Å²) in [5.74, 6) is 1.19. The van der Waals surface area contributed by atoms with Crippen molar-refractivity contribution in [1.29, 1.82) is 0 Å². The van der Waals surface area contributed by atoms with Crippen LogP contribution in [0.2, 0.25) is 0 Å². The summed E-state index contributed by atoms with van der Waals surface area (Å²) in [6.45, 7) is 9.21. The first kappa shape index (κ1) is 22.7. The van der Waals surface area contributed by atoms with Gasteiger partial charge in [-0.25, -0.2) is 4.79 Å². The first-order valence-corrected chi connectivity index (χ1v) is 12.3. The highest BCUT2D eigenvalue weighted by Crippen LogP contribution is 2.48. The molecule has 3 aromatic rings. The van der Waals surface area contributed by atoms with E-state index in [1.165, 1.54) is 34.8 Å². The van der Waals surface area contributed by atoms with Crippen molar-refractivity contribution in [3.05, 3.63) is 77.5 Å². The number of rotatable bonds is 6. The molecule has 1 fully saturated rings. The van der Waals surface area contributed by atoms with Gasteiger partial charge in [-0.3, -0.25) is 4.90 Å². The molecular formula is C29H34N2O3. The van der Waals surface area contributed by atoms with E-state index in [1.807, 2.05) is 0 Å². The Morgan fingerprint density at radius 3 is 2.62 bits per heavy atom. The van der Waals surface area contributed by atoms with Crippen molar-refractivity contribution < 1.29 is 14.3 Å². The van der Waals surface area contributed by atoms with Gasteiger partial charge < -0.3 is 14.0 Å². The summed E-state index contributed by atoms with van der Waals surface area (Å²) in [4.78, 5) is 15.1. The molecule has 3 heterocycles. The Labute approximate surface area is 202 Å². The molecule has 1 aromatic heterocycles. The van der Waals surface area contributed by atoms with Crippen LogP contribution in [-0.4, -0.2) is 42.7 Å². The lowest BCUT2D eigenvalue weighted by molar-refractivity contribution is -0.137. The lowest BCUT2D eigenvalue weighted by Crippen LogP contribution is -2.47. The quantitative estimate of drug-likeness (QED) is 0.368. The zero-order valence-electron chi connectivity index (χ0n) is 20.4. The van der Waals surface area contributed by atoms with Gasteiger partial charge in [-0.2, -0.15) is 0 Å². The third-order valence-corrected chi connectivity index (χ3v) is 7.94. The van der Waals surface area contributed by atoms with E-state index in [-0.39, 0.29) is 17.9 Å². The zero-order valence-corrected chi connectivity index (χ0v) is 20.4. The number of piperidine rings is 1. The topological polar surface area (TPSA) is 43.7 Å². The Bertz CT molecular complexity index is 1210. The number of esters is 1. The fourth-order valence-corrected chi connectivity index (χ4v) is 6.26. The van der Waals surface area contributed by atoms with Crippen molar-refractivity contribution in [2.45, 2.75) is 38.8 Å². The number of nitrogens with zero attached hydrogens (tertiary/aromatic N) is 2. The first-order chi connectivity index (χ1) is 16.6. The molecular weight excluding hydrogens is 424 g/mol. The summed E-state index contributed by atoms with van der Waals surface area (Å²) < 4.78 is 13.4. The molecule has 0 aliphatic carbocycles. The maximum Gasteiger partial charge on any atom is 0.333 e. The van der Waals surface area contributed by atoms with Crippen LogP contribution in [0.1, 0.15) is 42.6 Å². The number of aromatic nitrogens is 1. The van der Waals surface area contributed by atoms with Crippen LogP contribution in [0.5, 0.6) is 5.75 Å². The molecule has 0 amide bonds. The third-order valence-electron chi connectivity index (χ3n) is 7.94. The molecule has 0 N–H and O–H groups in total. The Morgan fingerprint density at radius 1 is 1.12 bits per heavy atom. The summed E-state index contributed by atoms with van der Waals surface area (Å²) in [5, 5.41) is 1.23. The van der Waals surface area contributed by atoms with Gasteiger partial charge in [0.25, 0.3) is 0 Å². The fourth-order valence-electron chi connectivity index (χ4n) is 6.26. The van der Waals surface area contributed by atoms with Crippen LogP contribution in [0.3, 0.4) is 0 Å². The van der Waals surface area contributed by atoms with Crippen LogP contribution in [0.4, 0.5) is 0 Å². The monoisotopic (exact) mass is 458 g/mol. The molecule has 0 unspecified atom stereocenters. The normalized spacial score (nSPS) is 22.1. The molecule has 2 aliphatic heterocycles. The maximum atomic E-state index is 12.5. The summed E-state index contributed by atoms with van der Waals surface area (Å²) in [6, 6.07) is 17.2. The predicted molar refractivity (Wildman–Crippen MR) is 135 cm³/mol. The number of hydrogen-bond donors (Lipinski definition) is 0. The van der Waals surface area contributed by atoms with Crippen molar-refractivity contribution in [2.75, 3.05) is 27.3 Å². The van der Waals surface area contributed by atoms with Crippen LogP contribution in [-0.2, 0) is 22.5 Å². The number of hydrogen-bond acceptors (Lipinski definition) is 4. The molecule has 2 aromatic carbocycles. The largest absolute Gasteiger partial charge is 0.496 e. The molecule has 34 heavy (non-hydrogen) atoms. The molecule has 1 saturated heterocycles. The van der Waals surface area contributed by atoms with E-state index in [0.717, 1.165) is 44.6 Å². The Morgan fingerprint density at radius 2 is 1.91 bits per heavy atom. The zero-order chi connectivity index (χ0) is 23.8. The summed E-state index contributed by atoms with van der Waals surface area (Å²) in [7, 11) is 3.21. The Balaban J connectivity index is 1.65. The number of fused-ring (bicyclic) bond motifs is 5. The van der Waals surface area contributed by atoms with Crippen molar-refractivity contribution >= 4 is 16.9 Å². The molecule has 0 saturated carbocycles. The fraction of sp³-hybridized carbons (Fsp3) is 0.414. The van der Waals surface area contributed by atoms with Gasteiger partial charge in [0.1, 0.15) is 5.75 Å². The van der Waals surface area contributed by atoms with E-state index in [0.29, 0.717) is 11.5 Å². The Hall–Kier alpha value is -3.05. The summed E-state index contributed by atoms with van der Waals surface area (Å²) in [5.41, 5.74) is 5.87. The number of methoxy groups -OCH3 is 2. The van der Waals surface area contributed by atoms with Crippen molar-refractivity contribution in [2.24, 2.45) is 11.8 Å². The van der Waals surface area contributed by atoms with Crippen LogP contribution in [0.15, 0.2) is 60.7 Å². The van der Waals surface area contributed by atoms with Crippen molar-refractivity contribution in [1.82, 2.24) is 9.47 Å². The highest BCUT2D eigenvalue weighted by Gasteiger charge is 2.43. The second-order valence-electron chi connectivity index (χ2n) is 9.58. The highest BCUT2D eigenvalue weighted by atomic mass is 16.5. The van der Waals surface area contributed by atoms with Crippen molar-refractivity contribution in [3.63, 3.8) is 0 Å². The molecule has 2 aliphatic rings. The smallest absolute Gasteiger partial charge is 0.333 e. The highest BCUT2D eigenvalue weighted by molar-refractivity contribution is 5.92. The number of carbonyl (C=O) groups is 1. The van der Waals surface area contributed by atoms with Crippen LogP contribution < -0.4 is 4.74 Å². The van der Waals surface area contributed by atoms with E-state index >= 15 is 0 Å². The summed E-state index contributed by atoms with van der Waals surface area (Å²) in [6.07, 6.45) is 2.91. The third kappa shape index (κ3) is 3.72. The van der Waals surface area contributed by atoms with Gasteiger partial charge >= 0.3 is 5.97 Å². The SMILES string of the molecule is C=C(C(=O)OC)[C@H]1C[C@H]2c3c(c4c(OC)cccc4n3Cc3ccccc3)CCN2C[C@H]1CC. The summed E-state index contributed by atoms with van der Waals surface area (Å²) >= 11 is 0. The van der Waals surface area contributed by atoms with E-state index in [2.05, 4.69) is 71.5 Å². The second-order valence-corrected chi connectivity index (χ2v) is 9.58. The minimum absolute atomic E-state index is 0.120. The van der Waals surface area contributed by atoms with Gasteiger partial charge in [-0.05, 0) is 47.9 Å². The lowest BCUT2D eigenvalue weighted by Gasteiger charge is -2.47. The lowest BCUT2D eigenvalue weighted by atomic mass is 9.74. The second kappa shape index (κ2) is 9.30. The molecule has 5 heteroatoms. The minimum atomic E-state index is -0.278. The van der Waals surface area contributed by atoms with E-state index < -0.39 is 0 Å². The molecule has 0 bridgehead atoms. The Kier molecular flexibility index (Phi) is 6.22. The van der Waals surface area contributed by atoms with Gasteiger partial charge in [-0.1, -0.05) is 56.3 Å². The predicted octanol–water partition coefficient (Wildman–Crippen LogP) is 5.37. The van der Waals surface area contributed by atoms with Crippen molar-refractivity contribution in [3.8, 4) is 5.75 Å². The van der Waals surface area contributed by atoms with Gasteiger partial charge in [0.2, 0.25) is 0 Å². The molecule has 0 radical (unpaired) electrons. The van der Waals surface area contributed by atoms with Gasteiger partial charge in [0, 0.05) is 36.3 Å². The minimum Gasteiger partial charge on any atom is -0.496 e. The van der Waals surface area contributed by atoms with E-state index in [1.54, 1.807) is 7.11 Å². The number of ether oxygens (including phenoxy) is 2. The van der Waals surface area contributed by atoms with Crippen LogP contribution >= 0.6 is 0 Å². The molecule has 3 atom stereocenters. The van der Waals surface area contributed by atoms with Gasteiger partial charge in [-0.15, -0.1) is 0 Å². The average molecular weight is 459 g/mol. The van der Waals surface area contributed by atoms with Crippen LogP contribution in [0.25, 0.3) is 10.9 Å². The first-order valence-electron chi connectivity index (χ1n) is 12.3. The van der Waals surface area contributed by atoms with Crippen LogP contribution in [0, 0.1) is 11.8 Å². The molecule has 0 spiro atoms. The molecule has 5 rings (SSSR count). The van der Waals surface area contributed by atoms with Gasteiger partial charge in [0.05, 0.1) is 25.8 Å². The standard InChI is InChI=1S/C29H34N2O3/c1-5-21-18-30-15-14-22-27-24(12-9-13-26(27)33-3)31(17-20-10-7-6-8-11-20)28(22)25(30)16-23(21)19(2)29(32)34-4/h6-13,21,23,25H,2,5,14-18H2,1,3-4H3/t21-,23-,25+/m1/s1. The number of carbonyl (C=O) groups excluding carboxylic acids is 1. The van der Waals surface area contributed by atoms with E-state index in [9.17, 15) is 4.79 Å². The van der Waals surface area contributed by atoms with E-state index in [4.69, 9.17) is 9.47 Å². The van der Waals surface area contributed by atoms with Gasteiger partial charge in [0.15, 0.2) is 0 Å².